The van der Waals surface area contributed by atoms with Gasteiger partial charge >= 0.3 is 5.97 Å². The zero-order valence-corrected chi connectivity index (χ0v) is 16.7. The van der Waals surface area contributed by atoms with E-state index in [0.717, 1.165) is 5.56 Å². The van der Waals surface area contributed by atoms with Crippen LogP contribution in [-0.2, 0) is 22.6 Å². The van der Waals surface area contributed by atoms with Gasteiger partial charge in [0.15, 0.2) is 6.79 Å². The van der Waals surface area contributed by atoms with E-state index in [-0.39, 0.29) is 25.5 Å². The fraction of sp³-hybridized carbons (Fsp3) is 0.227. The number of hydrogen-bond acceptors (Lipinski definition) is 7. The lowest BCUT2D eigenvalue weighted by atomic mass is 10.1. The van der Waals surface area contributed by atoms with Crippen LogP contribution >= 0.6 is 0 Å². The third-order valence-electron chi connectivity index (χ3n) is 4.38. The van der Waals surface area contributed by atoms with E-state index in [9.17, 15) is 14.7 Å². The maximum atomic E-state index is 12.4. The molecule has 0 atom stereocenters. The first kappa shape index (κ1) is 21.2. The maximum Gasteiger partial charge on any atom is 0.337 e. The number of aromatic nitrogens is 2. The quantitative estimate of drug-likeness (QED) is 0.449. The van der Waals surface area contributed by atoms with Gasteiger partial charge in [0.1, 0.15) is 5.75 Å². The molecular formula is C22H22N2O6. The molecule has 0 amide bonds. The molecule has 8 nitrogen and oxygen atoms in total. The second-order valence-corrected chi connectivity index (χ2v) is 6.45. The van der Waals surface area contributed by atoms with E-state index in [2.05, 4.69) is 5.10 Å². The van der Waals surface area contributed by atoms with E-state index < -0.39 is 5.97 Å². The highest BCUT2D eigenvalue weighted by atomic mass is 16.7. The molecule has 156 valence electrons. The highest BCUT2D eigenvalue weighted by molar-refractivity contribution is 5.89. The smallest absolute Gasteiger partial charge is 0.337 e. The first-order valence-electron chi connectivity index (χ1n) is 9.17. The first-order chi connectivity index (χ1) is 14.5. The van der Waals surface area contributed by atoms with Crippen LogP contribution in [0, 0.1) is 0 Å². The van der Waals surface area contributed by atoms with Crippen LogP contribution in [0.3, 0.4) is 0 Å². The van der Waals surface area contributed by atoms with Crippen molar-refractivity contribution in [1.82, 2.24) is 9.78 Å². The number of hydrogen-bond donors (Lipinski definition) is 1. The molecule has 0 bridgehead atoms. The summed E-state index contributed by atoms with van der Waals surface area (Å²) in [7, 11) is 2.83. The largest absolute Gasteiger partial charge is 0.467 e. The van der Waals surface area contributed by atoms with Gasteiger partial charge in [-0.1, -0.05) is 18.2 Å². The van der Waals surface area contributed by atoms with Crippen molar-refractivity contribution >= 4 is 5.97 Å². The number of esters is 1. The second kappa shape index (κ2) is 9.82. The summed E-state index contributed by atoms with van der Waals surface area (Å²) in [6.45, 7) is 0.0778. The van der Waals surface area contributed by atoms with Gasteiger partial charge in [-0.25, -0.2) is 9.48 Å². The van der Waals surface area contributed by atoms with Crippen molar-refractivity contribution < 1.29 is 24.1 Å². The fourth-order valence-electron chi connectivity index (χ4n) is 2.92. The van der Waals surface area contributed by atoms with Gasteiger partial charge in [0, 0.05) is 18.7 Å². The SMILES string of the molecule is COCOc1ccc(CO)cc1-c1ccc(=O)n(Cc2cccc(C(=O)OC)c2)n1. The summed E-state index contributed by atoms with van der Waals surface area (Å²) >= 11 is 0. The van der Waals surface area contributed by atoms with Crippen LogP contribution in [0.4, 0.5) is 0 Å². The van der Waals surface area contributed by atoms with Crippen LogP contribution in [0.25, 0.3) is 11.3 Å². The van der Waals surface area contributed by atoms with E-state index in [0.29, 0.717) is 28.1 Å². The summed E-state index contributed by atoms with van der Waals surface area (Å²) in [5.74, 6) is 0.0612. The average Bonchev–Trinajstić information content (AvgIpc) is 2.78. The molecule has 0 aliphatic rings. The van der Waals surface area contributed by atoms with Gasteiger partial charge in [0.05, 0.1) is 31.5 Å². The fourth-order valence-corrected chi connectivity index (χ4v) is 2.92. The monoisotopic (exact) mass is 410 g/mol. The molecule has 0 unspecified atom stereocenters. The van der Waals surface area contributed by atoms with Crippen molar-refractivity contribution in [2.45, 2.75) is 13.2 Å². The molecule has 0 saturated heterocycles. The minimum absolute atomic E-state index is 0.0471. The number of methoxy groups -OCH3 is 2. The van der Waals surface area contributed by atoms with E-state index >= 15 is 0 Å². The maximum absolute atomic E-state index is 12.4. The lowest BCUT2D eigenvalue weighted by molar-refractivity contribution is 0.0515. The molecule has 0 aliphatic carbocycles. The Morgan fingerprint density at radius 2 is 1.90 bits per heavy atom. The van der Waals surface area contributed by atoms with Gasteiger partial charge in [-0.05, 0) is 41.5 Å². The standard InChI is InChI=1S/C22H22N2O6/c1-28-14-30-20-8-6-16(13-25)11-18(20)19-7-9-21(26)24(23-19)12-15-4-3-5-17(10-15)22(27)29-2/h3-11,25H,12-14H2,1-2H3. The van der Waals surface area contributed by atoms with Crippen LogP contribution in [0.1, 0.15) is 21.5 Å². The summed E-state index contributed by atoms with van der Waals surface area (Å²) in [6, 6.07) is 15.0. The minimum atomic E-state index is -0.452. The number of aliphatic hydroxyl groups excluding tert-OH is 1. The van der Waals surface area contributed by atoms with Crippen LogP contribution < -0.4 is 10.3 Å². The molecular weight excluding hydrogens is 388 g/mol. The summed E-state index contributed by atoms with van der Waals surface area (Å²) in [4.78, 5) is 24.1. The molecule has 1 aromatic heterocycles. The molecule has 0 fully saturated rings. The molecule has 0 spiro atoms. The molecule has 0 radical (unpaired) electrons. The predicted octanol–water partition coefficient (Wildman–Crippen LogP) is 2.22. The Hall–Kier alpha value is -3.49. The number of nitrogens with zero attached hydrogens (tertiary/aromatic N) is 2. The Kier molecular flexibility index (Phi) is 6.95. The van der Waals surface area contributed by atoms with E-state index in [1.165, 1.54) is 25.0 Å². The van der Waals surface area contributed by atoms with Gasteiger partial charge in [-0.15, -0.1) is 0 Å². The van der Waals surface area contributed by atoms with Crippen LogP contribution in [0.5, 0.6) is 5.75 Å². The summed E-state index contributed by atoms with van der Waals surface area (Å²) in [5.41, 5.74) is 2.63. The molecule has 8 heteroatoms. The lowest BCUT2D eigenvalue weighted by Crippen LogP contribution is -2.23. The number of ether oxygens (including phenoxy) is 3. The molecule has 3 rings (SSSR count). The summed E-state index contributed by atoms with van der Waals surface area (Å²) < 4.78 is 16.6. The molecule has 30 heavy (non-hydrogen) atoms. The zero-order valence-electron chi connectivity index (χ0n) is 16.7. The normalized spacial score (nSPS) is 10.6. The van der Waals surface area contributed by atoms with E-state index in [4.69, 9.17) is 14.2 Å². The van der Waals surface area contributed by atoms with Gasteiger partial charge < -0.3 is 19.3 Å². The highest BCUT2D eigenvalue weighted by Gasteiger charge is 2.12. The zero-order chi connectivity index (χ0) is 21.5. The topological polar surface area (TPSA) is 99.9 Å². The minimum Gasteiger partial charge on any atom is -0.467 e. The number of aliphatic hydroxyl groups is 1. The first-order valence-corrected chi connectivity index (χ1v) is 9.17. The van der Waals surface area contributed by atoms with Crippen molar-refractivity contribution in [1.29, 1.82) is 0 Å². The van der Waals surface area contributed by atoms with Crippen LogP contribution in [0.2, 0.25) is 0 Å². The number of rotatable bonds is 8. The van der Waals surface area contributed by atoms with E-state index in [1.54, 1.807) is 48.5 Å². The number of carbonyl (C=O) groups excluding carboxylic acids is 1. The van der Waals surface area contributed by atoms with Crippen LogP contribution in [-0.4, -0.2) is 41.9 Å². The van der Waals surface area contributed by atoms with Crippen molar-refractivity contribution in [3.05, 3.63) is 81.6 Å². The highest BCUT2D eigenvalue weighted by Crippen LogP contribution is 2.29. The van der Waals surface area contributed by atoms with Gasteiger partial charge in [-0.2, -0.15) is 5.10 Å². The van der Waals surface area contributed by atoms with Crippen molar-refractivity contribution in [3.8, 4) is 17.0 Å². The Balaban J connectivity index is 1.98. The van der Waals surface area contributed by atoms with Crippen molar-refractivity contribution in [2.24, 2.45) is 0 Å². The lowest BCUT2D eigenvalue weighted by Gasteiger charge is -2.13. The summed E-state index contributed by atoms with van der Waals surface area (Å²) in [5, 5.41) is 13.9. The molecule has 0 saturated carbocycles. The van der Waals surface area contributed by atoms with Crippen molar-refractivity contribution in [2.75, 3.05) is 21.0 Å². The Morgan fingerprint density at radius 3 is 2.63 bits per heavy atom. The second-order valence-electron chi connectivity index (χ2n) is 6.45. The predicted molar refractivity (Wildman–Crippen MR) is 109 cm³/mol. The molecule has 1 N–H and O–H groups in total. The third kappa shape index (κ3) is 4.91. The molecule has 2 aromatic carbocycles. The number of carbonyl (C=O) groups is 1. The Morgan fingerprint density at radius 1 is 1.07 bits per heavy atom. The van der Waals surface area contributed by atoms with Gasteiger partial charge in [-0.3, -0.25) is 4.79 Å². The van der Waals surface area contributed by atoms with E-state index in [1.807, 2.05) is 0 Å². The number of benzene rings is 2. The molecule has 3 aromatic rings. The van der Waals surface area contributed by atoms with Crippen LogP contribution in [0.15, 0.2) is 59.4 Å². The third-order valence-corrected chi connectivity index (χ3v) is 4.38. The Bertz CT molecular complexity index is 1090. The van der Waals surface area contributed by atoms with Gasteiger partial charge in [0.25, 0.3) is 5.56 Å². The Labute approximate surface area is 173 Å². The summed E-state index contributed by atoms with van der Waals surface area (Å²) in [6.07, 6.45) is 0. The molecule has 0 aliphatic heterocycles. The van der Waals surface area contributed by atoms with Crippen molar-refractivity contribution in [3.63, 3.8) is 0 Å². The van der Waals surface area contributed by atoms with Gasteiger partial charge in [0.2, 0.25) is 0 Å². The molecule has 1 heterocycles. The average molecular weight is 410 g/mol.